The second-order valence-electron chi connectivity index (χ2n) is 4.89. The Bertz CT molecular complexity index is 527. The lowest BCUT2D eigenvalue weighted by Gasteiger charge is -2.41. The number of rotatable bonds is 4. The van der Waals surface area contributed by atoms with Crippen molar-refractivity contribution in [2.75, 3.05) is 5.73 Å². The van der Waals surface area contributed by atoms with Crippen molar-refractivity contribution in [2.24, 2.45) is 0 Å². The van der Waals surface area contributed by atoms with Crippen LogP contribution in [0.15, 0.2) is 22.7 Å². The third-order valence-electron chi connectivity index (χ3n) is 3.44. The smallest absolute Gasteiger partial charge is 0.305 e. The third kappa shape index (κ3) is 3.07. The first-order chi connectivity index (χ1) is 8.92. The highest BCUT2D eigenvalue weighted by molar-refractivity contribution is 9.10. The molecular weight excluding hydrogens is 312 g/mol. The summed E-state index contributed by atoms with van der Waals surface area (Å²) in [5.41, 5.74) is 6.06. The Balaban J connectivity index is 2.11. The van der Waals surface area contributed by atoms with E-state index in [0.717, 1.165) is 10.9 Å². The largest absolute Gasteiger partial charge is 0.481 e. The Morgan fingerprint density at radius 3 is 2.58 bits per heavy atom. The summed E-state index contributed by atoms with van der Waals surface area (Å²) in [6, 6.07) is 4.93. The highest BCUT2D eigenvalue weighted by Crippen LogP contribution is 2.35. The molecule has 6 heteroatoms. The molecule has 1 aliphatic carbocycles. The van der Waals surface area contributed by atoms with Crippen molar-refractivity contribution < 1.29 is 14.7 Å². The SMILES string of the molecule is Nc1cc(C(=O)NC2(CC(=O)O)CCC2)ccc1Br. The van der Waals surface area contributed by atoms with Crippen molar-refractivity contribution in [1.29, 1.82) is 0 Å². The van der Waals surface area contributed by atoms with E-state index in [9.17, 15) is 9.59 Å². The van der Waals surface area contributed by atoms with Gasteiger partial charge in [-0.1, -0.05) is 0 Å². The quantitative estimate of drug-likeness (QED) is 0.739. The minimum Gasteiger partial charge on any atom is -0.481 e. The van der Waals surface area contributed by atoms with Gasteiger partial charge in [-0.05, 0) is 53.4 Å². The van der Waals surface area contributed by atoms with Crippen LogP contribution in [0.3, 0.4) is 0 Å². The number of carboxylic acids is 1. The molecule has 0 bridgehead atoms. The number of amides is 1. The van der Waals surface area contributed by atoms with Gasteiger partial charge in [0.2, 0.25) is 0 Å². The molecule has 0 heterocycles. The lowest BCUT2D eigenvalue weighted by molar-refractivity contribution is -0.139. The molecule has 102 valence electrons. The summed E-state index contributed by atoms with van der Waals surface area (Å²) in [6.07, 6.45) is 2.31. The van der Waals surface area contributed by atoms with Gasteiger partial charge in [-0.25, -0.2) is 0 Å². The van der Waals surface area contributed by atoms with Crippen LogP contribution in [0.1, 0.15) is 36.0 Å². The van der Waals surface area contributed by atoms with Crippen LogP contribution in [0, 0.1) is 0 Å². The van der Waals surface area contributed by atoms with E-state index in [1.54, 1.807) is 18.2 Å². The van der Waals surface area contributed by atoms with Crippen LogP contribution >= 0.6 is 15.9 Å². The van der Waals surface area contributed by atoms with Crippen molar-refractivity contribution in [2.45, 2.75) is 31.2 Å². The van der Waals surface area contributed by atoms with Gasteiger partial charge < -0.3 is 16.2 Å². The predicted octanol–water partition coefficient (Wildman–Crippen LogP) is 2.16. The lowest BCUT2D eigenvalue weighted by atomic mass is 9.74. The molecule has 1 aromatic carbocycles. The Morgan fingerprint density at radius 1 is 1.42 bits per heavy atom. The monoisotopic (exact) mass is 326 g/mol. The maximum Gasteiger partial charge on any atom is 0.305 e. The fraction of sp³-hybridized carbons (Fsp3) is 0.385. The second-order valence-corrected chi connectivity index (χ2v) is 5.75. The zero-order valence-corrected chi connectivity index (χ0v) is 11.9. The molecule has 1 aliphatic rings. The standard InChI is InChI=1S/C13H15BrN2O3/c14-9-3-2-8(6-10(9)15)12(19)16-13(4-1-5-13)7-11(17)18/h2-3,6H,1,4-5,7,15H2,(H,16,19)(H,17,18). The van der Waals surface area contributed by atoms with Gasteiger partial charge in [0.05, 0.1) is 12.0 Å². The molecule has 0 atom stereocenters. The maximum absolute atomic E-state index is 12.1. The van der Waals surface area contributed by atoms with E-state index in [4.69, 9.17) is 10.8 Å². The van der Waals surface area contributed by atoms with E-state index in [2.05, 4.69) is 21.2 Å². The van der Waals surface area contributed by atoms with Crippen molar-refractivity contribution >= 4 is 33.5 Å². The molecule has 0 aliphatic heterocycles. The Morgan fingerprint density at radius 2 is 2.11 bits per heavy atom. The number of carbonyl (C=O) groups is 2. The zero-order valence-electron chi connectivity index (χ0n) is 10.3. The van der Waals surface area contributed by atoms with Crippen LogP contribution in [0.5, 0.6) is 0 Å². The summed E-state index contributed by atoms with van der Waals surface area (Å²) < 4.78 is 0.730. The first-order valence-electron chi connectivity index (χ1n) is 6.01. The summed E-state index contributed by atoms with van der Waals surface area (Å²) in [5.74, 6) is -1.17. The van der Waals surface area contributed by atoms with Gasteiger partial charge in [-0.3, -0.25) is 9.59 Å². The fourth-order valence-electron chi connectivity index (χ4n) is 2.24. The van der Waals surface area contributed by atoms with Gasteiger partial charge in [-0.15, -0.1) is 0 Å². The Kier molecular flexibility index (Phi) is 3.80. The molecule has 19 heavy (non-hydrogen) atoms. The van der Waals surface area contributed by atoms with Crippen molar-refractivity contribution in [3.8, 4) is 0 Å². The normalized spacial score (nSPS) is 16.5. The minimum absolute atomic E-state index is 0.0370. The number of aliphatic carboxylic acids is 1. The number of carbonyl (C=O) groups excluding carboxylic acids is 1. The minimum atomic E-state index is -0.893. The molecule has 0 unspecified atom stereocenters. The van der Waals surface area contributed by atoms with E-state index in [1.165, 1.54) is 0 Å². The summed E-state index contributed by atoms with van der Waals surface area (Å²) in [6.45, 7) is 0. The predicted molar refractivity (Wildman–Crippen MR) is 74.9 cm³/mol. The van der Waals surface area contributed by atoms with Crippen LogP contribution in [0.25, 0.3) is 0 Å². The Hall–Kier alpha value is -1.56. The van der Waals surface area contributed by atoms with Gasteiger partial charge in [0.25, 0.3) is 5.91 Å². The summed E-state index contributed by atoms with van der Waals surface area (Å²) in [4.78, 5) is 23.0. The summed E-state index contributed by atoms with van der Waals surface area (Å²) >= 11 is 3.26. The molecular formula is C13H15BrN2O3. The zero-order chi connectivity index (χ0) is 14.0. The number of hydrogen-bond acceptors (Lipinski definition) is 3. The third-order valence-corrected chi connectivity index (χ3v) is 4.16. The molecule has 1 saturated carbocycles. The number of halogens is 1. The van der Waals surface area contributed by atoms with Gasteiger partial charge in [-0.2, -0.15) is 0 Å². The molecule has 1 aromatic rings. The van der Waals surface area contributed by atoms with E-state index in [-0.39, 0.29) is 12.3 Å². The molecule has 0 radical (unpaired) electrons. The molecule has 1 amide bonds. The fourth-order valence-corrected chi connectivity index (χ4v) is 2.48. The highest BCUT2D eigenvalue weighted by atomic mass is 79.9. The number of nitrogen functional groups attached to an aromatic ring is 1. The molecule has 0 saturated heterocycles. The maximum atomic E-state index is 12.1. The van der Waals surface area contributed by atoms with Crippen LogP contribution < -0.4 is 11.1 Å². The second kappa shape index (κ2) is 5.21. The van der Waals surface area contributed by atoms with Crippen LogP contribution in [0.4, 0.5) is 5.69 Å². The molecule has 2 rings (SSSR count). The van der Waals surface area contributed by atoms with Crippen molar-refractivity contribution in [3.63, 3.8) is 0 Å². The first kappa shape index (κ1) is 13.9. The van der Waals surface area contributed by atoms with Gasteiger partial charge in [0.15, 0.2) is 0 Å². The lowest BCUT2D eigenvalue weighted by Crippen LogP contribution is -2.54. The highest BCUT2D eigenvalue weighted by Gasteiger charge is 2.40. The topological polar surface area (TPSA) is 92.4 Å². The molecule has 5 nitrogen and oxygen atoms in total. The van der Waals surface area contributed by atoms with Crippen molar-refractivity contribution in [1.82, 2.24) is 5.32 Å². The number of nitrogens with two attached hydrogens (primary N) is 1. The van der Waals surface area contributed by atoms with Crippen LogP contribution in [-0.2, 0) is 4.79 Å². The molecule has 0 aromatic heterocycles. The number of anilines is 1. The van der Waals surface area contributed by atoms with Gasteiger partial charge >= 0.3 is 5.97 Å². The summed E-state index contributed by atoms with van der Waals surface area (Å²) in [5, 5.41) is 11.7. The van der Waals surface area contributed by atoms with E-state index >= 15 is 0 Å². The molecule has 0 spiro atoms. The van der Waals surface area contributed by atoms with E-state index in [1.807, 2.05) is 0 Å². The number of carboxylic acid groups (broad SMARTS) is 1. The van der Waals surface area contributed by atoms with Crippen LogP contribution in [-0.4, -0.2) is 22.5 Å². The van der Waals surface area contributed by atoms with Crippen LogP contribution in [0.2, 0.25) is 0 Å². The van der Waals surface area contributed by atoms with Gasteiger partial charge in [0.1, 0.15) is 0 Å². The number of benzene rings is 1. The number of nitrogens with one attached hydrogen (secondary N) is 1. The van der Waals surface area contributed by atoms with E-state index < -0.39 is 11.5 Å². The molecule has 1 fully saturated rings. The first-order valence-corrected chi connectivity index (χ1v) is 6.80. The average Bonchev–Trinajstić information content (AvgIpc) is 2.29. The Labute approximate surface area is 119 Å². The van der Waals surface area contributed by atoms with Crippen molar-refractivity contribution in [3.05, 3.63) is 28.2 Å². The molecule has 4 N–H and O–H groups in total. The van der Waals surface area contributed by atoms with E-state index in [0.29, 0.717) is 24.1 Å². The summed E-state index contributed by atoms with van der Waals surface area (Å²) in [7, 11) is 0. The van der Waals surface area contributed by atoms with Gasteiger partial charge in [0, 0.05) is 15.7 Å². The average molecular weight is 327 g/mol. The number of hydrogen-bond donors (Lipinski definition) is 3.